The standard InChI is InChI=1S/C10H14BrNS/c11-6-7-12-8-9-13-10-4-2-1-3-5-10/h1-5,12H,6-9H2. The number of alkyl halides is 1. The van der Waals surface area contributed by atoms with Crippen LogP contribution in [0.15, 0.2) is 35.2 Å². The first-order valence-corrected chi connectivity index (χ1v) is 6.48. The molecular formula is C10H14BrNS. The minimum atomic E-state index is 1.03. The molecule has 3 heteroatoms. The molecule has 0 radical (unpaired) electrons. The van der Waals surface area contributed by atoms with E-state index in [2.05, 4.69) is 45.5 Å². The van der Waals surface area contributed by atoms with Crippen LogP contribution in [0.2, 0.25) is 0 Å². The minimum Gasteiger partial charge on any atom is -0.315 e. The normalized spacial score (nSPS) is 10.2. The van der Waals surface area contributed by atoms with Crippen LogP contribution in [0.25, 0.3) is 0 Å². The van der Waals surface area contributed by atoms with Gasteiger partial charge >= 0.3 is 0 Å². The molecule has 0 aromatic heterocycles. The second kappa shape index (κ2) is 7.42. The highest BCUT2D eigenvalue weighted by molar-refractivity contribution is 9.09. The summed E-state index contributed by atoms with van der Waals surface area (Å²) in [5, 5.41) is 4.37. The third kappa shape index (κ3) is 5.34. The van der Waals surface area contributed by atoms with E-state index < -0.39 is 0 Å². The van der Waals surface area contributed by atoms with Crippen LogP contribution in [0, 0.1) is 0 Å². The zero-order chi connectivity index (χ0) is 9.36. The van der Waals surface area contributed by atoms with Gasteiger partial charge in [-0.15, -0.1) is 11.8 Å². The fourth-order valence-corrected chi connectivity index (χ4v) is 2.06. The first-order chi connectivity index (χ1) is 6.43. The smallest absolute Gasteiger partial charge is 0.0157 e. The number of hydrogen-bond donors (Lipinski definition) is 1. The molecule has 0 atom stereocenters. The Kier molecular flexibility index (Phi) is 6.33. The van der Waals surface area contributed by atoms with Gasteiger partial charge in [0.25, 0.3) is 0 Å². The van der Waals surface area contributed by atoms with E-state index in [1.807, 2.05) is 17.8 Å². The fraction of sp³-hybridized carbons (Fsp3) is 0.400. The SMILES string of the molecule is BrCCNCCSc1ccccc1. The summed E-state index contributed by atoms with van der Waals surface area (Å²) >= 11 is 5.27. The monoisotopic (exact) mass is 259 g/mol. The average Bonchev–Trinajstić information content (AvgIpc) is 2.19. The summed E-state index contributed by atoms with van der Waals surface area (Å²) in [7, 11) is 0. The second-order valence-electron chi connectivity index (χ2n) is 2.60. The van der Waals surface area contributed by atoms with Gasteiger partial charge in [0.15, 0.2) is 0 Å². The van der Waals surface area contributed by atoms with E-state index in [9.17, 15) is 0 Å². The number of thioether (sulfide) groups is 1. The molecule has 0 amide bonds. The highest BCUT2D eigenvalue weighted by Crippen LogP contribution is 2.15. The quantitative estimate of drug-likeness (QED) is 0.479. The summed E-state index contributed by atoms with van der Waals surface area (Å²) in [5.41, 5.74) is 0. The summed E-state index contributed by atoms with van der Waals surface area (Å²) in [6.45, 7) is 2.13. The van der Waals surface area contributed by atoms with Crippen LogP contribution >= 0.6 is 27.7 Å². The number of rotatable bonds is 6. The van der Waals surface area contributed by atoms with Crippen molar-refractivity contribution in [2.45, 2.75) is 4.90 Å². The number of halogens is 1. The van der Waals surface area contributed by atoms with Crippen molar-refractivity contribution in [2.24, 2.45) is 0 Å². The molecule has 0 aliphatic carbocycles. The van der Waals surface area contributed by atoms with Crippen LogP contribution in [-0.4, -0.2) is 24.2 Å². The maximum absolute atomic E-state index is 3.38. The lowest BCUT2D eigenvalue weighted by molar-refractivity contribution is 0.777. The molecule has 1 rings (SSSR count). The Balaban J connectivity index is 2.07. The maximum Gasteiger partial charge on any atom is 0.0157 e. The molecule has 1 aromatic rings. The van der Waals surface area contributed by atoms with Gasteiger partial charge in [0, 0.05) is 29.1 Å². The van der Waals surface area contributed by atoms with E-state index in [0.29, 0.717) is 0 Å². The van der Waals surface area contributed by atoms with Gasteiger partial charge in [-0.2, -0.15) is 0 Å². The van der Waals surface area contributed by atoms with Crippen LogP contribution in [0.4, 0.5) is 0 Å². The molecule has 0 saturated heterocycles. The van der Waals surface area contributed by atoms with Crippen molar-refractivity contribution in [2.75, 3.05) is 24.2 Å². The number of hydrogen-bond acceptors (Lipinski definition) is 2. The van der Waals surface area contributed by atoms with E-state index in [4.69, 9.17) is 0 Å². The largest absolute Gasteiger partial charge is 0.315 e. The third-order valence-electron chi connectivity index (χ3n) is 1.56. The van der Waals surface area contributed by atoms with Gasteiger partial charge in [-0.05, 0) is 12.1 Å². The lowest BCUT2D eigenvalue weighted by atomic mass is 10.4. The average molecular weight is 260 g/mol. The van der Waals surface area contributed by atoms with Crippen LogP contribution in [0.5, 0.6) is 0 Å². The van der Waals surface area contributed by atoms with Crippen LogP contribution < -0.4 is 5.32 Å². The zero-order valence-corrected chi connectivity index (χ0v) is 9.90. The number of nitrogens with one attached hydrogen (secondary N) is 1. The molecule has 0 unspecified atom stereocenters. The molecule has 0 bridgehead atoms. The molecule has 1 nitrogen and oxygen atoms in total. The molecule has 0 fully saturated rings. The Morgan fingerprint density at radius 3 is 2.62 bits per heavy atom. The Bertz CT molecular complexity index is 215. The summed E-state index contributed by atoms with van der Waals surface area (Å²) in [5.74, 6) is 1.14. The van der Waals surface area contributed by atoms with Gasteiger partial charge in [0.05, 0.1) is 0 Å². The third-order valence-corrected chi connectivity index (χ3v) is 2.97. The Labute approximate surface area is 92.4 Å². The van der Waals surface area contributed by atoms with Crippen molar-refractivity contribution in [1.29, 1.82) is 0 Å². The van der Waals surface area contributed by atoms with Crippen molar-refractivity contribution in [3.05, 3.63) is 30.3 Å². The molecule has 0 spiro atoms. The van der Waals surface area contributed by atoms with Gasteiger partial charge in [0.1, 0.15) is 0 Å². The van der Waals surface area contributed by atoms with E-state index in [-0.39, 0.29) is 0 Å². The zero-order valence-electron chi connectivity index (χ0n) is 7.50. The van der Waals surface area contributed by atoms with Crippen molar-refractivity contribution in [1.82, 2.24) is 5.32 Å². The van der Waals surface area contributed by atoms with E-state index in [0.717, 1.165) is 24.2 Å². The second-order valence-corrected chi connectivity index (χ2v) is 4.56. The number of benzene rings is 1. The predicted octanol–water partition coefficient (Wildman–Crippen LogP) is 2.76. The van der Waals surface area contributed by atoms with Gasteiger partial charge < -0.3 is 5.32 Å². The van der Waals surface area contributed by atoms with E-state index >= 15 is 0 Å². The highest BCUT2D eigenvalue weighted by atomic mass is 79.9. The molecular weight excluding hydrogens is 246 g/mol. The van der Waals surface area contributed by atoms with Crippen molar-refractivity contribution >= 4 is 27.7 Å². The van der Waals surface area contributed by atoms with Crippen molar-refractivity contribution < 1.29 is 0 Å². The van der Waals surface area contributed by atoms with Crippen molar-refractivity contribution in [3.63, 3.8) is 0 Å². The van der Waals surface area contributed by atoms with Gasteiger partial charge in [-0.25, -0.2) is 0 Å². The molecule has 0 aliphatic rings. The predicted molar refractivity (Wildman–Crippen MR) is 63.8 cm³/mol. The lowest BCUT2D eigenvalue weighted by Gasteiger charge is -2.02. The fourth-order valence-electron chi connectivity index (χ4n) is 0.950. The van der Waals surface area contributed by atoms with E-state index in [1.54, 1.807) is 0 Å². The first kappa shape index (κ1) is 11.1. The molecule has 0 heterocycles. The van der Waals surface area contributed by atoms with Gasteiger partial charge in [-0.1, -0.05) is 34.1 Å². The molecule has 13 heavy (non-hydrogen) atoms. The van der Waals surface area contributed by atoms with Gasteiger partial charge in [-0.3, -0.25) is 0 Å². The minimum absolute atomic E-state index is 1.03. The van der Waals surface area contributed by atoms with Gasteiger partial charge in [0.2, 0.25) is 0 Å². The molecule has 72 valence electrons. The Morgan fingerprint density at radius 2 is 1.92 bits per heavy atom. The summed E-state index contributed by atoms with van der Waals surface area (Å²) in [6, 6.07) is 10.5. The summed E-state index contributed by atoms with van der Waals surface area (Å²) in [4.78, 5) is 1.35. The van der Waals surface area contributed by atoms with Crippen LogP contribution in [0.3, 0.4) is 0 Å². The molecule has 1 N–H and O–H groups in total. The summed E-state index contributed by atoms with van der Waals surface area (Å²) in [6.07, 6.45) is 0. The molecule has 0 saturated carbocycles. The van der Waals surface area contributed by atoms with Crippen LogP contribution in [-0.2, 0) is 0 Å². The lowest BCUT2D eigenvalue weighted by Crippen LogP contribution is -2.19. The highest BCUT2D eigenvalue weighted by Gasteiger charge is 1.91. The first-order valence-electron chi connectivity index (χ1n) is 4.38. The summed E-state index contributed by atoms with van der Waals surface area (Å²) < 4.78 is 0. The van der Waals surface area contributed by atoms with E-state index in [1.165, 1.54) is 4.90 Å². The maximum atomic E-state index is 3.38. The molecule has 1 aromatic carbocycles. The van der Waals surface area contributed by atoms with Crippen molar-refractivity contribution in [3.8, 4) is 0 Å². The Hall–Kier alpha value is 0.0100. The molecule has 0 aliphatic heterocycles. The Morgan fingerprint density at radius 1 is 1.15 bits per heavy atom. The topological polar surface area (TPSA) is 12.0 Å². The van der Waals surface area contributed by atoms with Crippen LogP contribution in [0.1, 0.15) is 0 Å².